The van der Waals surface area contributed by atoms with E-state index in [0.717, 1.165) is 24.7 Å². The Morgan fingerprint density at radius 2 is 2.07 bits per heavy atom. The fraction of sp³-hybridized carbons (Fsp3) is 0.864. The zero-order chi connectivity index (χ0) is 21.5. The molecule has 8 heteroatoms. The van der Waals surface area contributed by atoms with Crippen LogP contribution < -0.4 is 0 Å². The Morgan fingerprint density at radius 1 is 1.30 bits per heavy atom. The molecule has 0 saturated heterocycles. The van der Waals surface area contributed by atoms with Crippen LogP contribution in [0.25, 0.3) is 0 Å². The van der Waals surface area contributed by atoms with Crippen LogP contribution >= 0.6 is 0 Å². The molecular weight excluding hydrogens is 382 g/mol. The Labute approximate surface area is 180 Å². The molecule has 0 aromatic carbocycles. The molecule has 2 aliphatic rings. The van der Waals surface area contributed by atoms with Crippen LogP contribution in [0.15, 0.2) is 6.20 Å². The standard InChI is InChI=1S/C22H39N5O3/c1-17-12-26(18(2)15-28)22(29)9-6-10-27-20(11-23-24-27)16-30-21(17)14-25(3)13-19-7-4-5-8-19/h11,17-19,21,28H,4-10,12-16H2,1-3H3/t17-,18+,21-/m0/s1. The first-order chi connectivity index (χ1) is 14.5. The van der Waals surface area contributed by atoms with Crippen molar-refractivity contribution in [1.29, 1.82) is 0 Å². The van der Waals surface area contributed by atoms with E-state index in [9.17, 15) is 9.90 Å². The summed E-state index contributed by atoms with van der Waals surface area (Å²) in [6.45, 7) is 7.68. The zero-order valence-corrected chi connectivity index (χ0v) is 18.9. The Morgan fingerprint density at radius 3 is 2.80 bits per heavy atom. The first-order valence-corrected chi connectivity index (χ1v) is 11.6. The third-order valence-electron chi connectivity index (χ3n) is 6.68. The predicted octanol–water partition coefficient (Wildman–Crippen LogP) is 1.92. The lowest BCUT2D eigenvalue weighted by Crippen LogP contribution is -2.47. The molecule has 0 bridgehead atoms. The number of aromatic nitrogens is 3. The number of aryl methyl sites for hydroxylation is 1. The van der Waals surface area contributed by atoms with E-state index in [2.05, 4.69) is 29.2 Å². The molecule has 30 heavy (non-hydrogen) atoms. The normalized spacial score (nSPS) is 25.8. The monoisotopic (exact) mass is 421 g/mol. The summed E-state index contributed by atoms with van der Waals surface area (Å²) >= 11 is 0. The molecule has 0 unspecified atom stereocenters. The van der Waals surface area contributed by atoms with E-state index in [4.69, 9.17) is 4.74 Å². The molecule has 0 spiro atoms. The van der Waals surface area contributed by atoms with Gasteiger partial charge in [0.2, 0.25) is 5.91 Å². The number of hydrogen-bond donors (Lipinski definition) is 1. The van der Waals surface area contributed by atoms with Gasteiger partial charge in [-0.3, -0.25) is 4.79 Å². The van der Waals surface area contributed by atoms with Crippen LogP contribution in [-0.2, 0) is 22.7 Å². The largest absolute Gasteiger partial charge is 0.394 e. The zero-order valence-electron chi connectivity index (χ0n) is 18.9. The van der Waals surface area contributed by atoms with Crippen LogP contribution in [0.2, 0.25) is 0 Å². The number of carbonyl (C=O) groups is 1. The molecule has 1 aromatic rings. The summed E-state index contributed by atoms with van der Waals surface area (Å²) in [5.74, 6) is 1.02. The van der Waals surface area contributed by atoms with Gasteiger partial charge >= 0.3 is 0 Å². The van der Waals surface area contributed by atoms with Crippen molar-refractivity contribution in [2.45, 2.75) is 77.7 Å². The summed E-state index contributed by atoms with van der Waals surface area (Å²) in [5.41, 5.74) is 0.958. The Hall–Kier alpha value is -1.51. The minimum atomic E-state index is -0.193. The smallest absolute Gasteiger partial charge is 0.222 e. The number of aliphatic hydroxyl groups excluding tert-OH is 1. The molecule has 1 aliphatic carbocycles. The number of likely N-dealkylation sites (N-methyl/N-ethyl adjacent to an activating group) is 1. The van der Waals surface area contributed by atoms with Gasteiger partial charge in [0, 0.05) is 38.5 Å². The average molecular weight is 422 g/mol. The van der Waals surface area contributed by atoms with E-state index in [-0.39, 0.29) is 30.6 Å². The average Bonchev–Trinajstić information content (AvgIpc) is 3.39. The van der Waals surface area contributed by atoms with Gasteiger partial charge < -0.3 is 19.6 Å². The van der Waals surface area contributed by atoms with Gasteiger partial charge in [-0.15, -0.1) is 5.10 Å². The van der Waals surface area contributed by atoms with Crippen molar-refractivity contribution in [2.24, 2.45) is 11.8 Å². The van der Waals surface area contributed by atoms with Gasteiger partial charge in [-0.05, 0) is 39.2 Å². The topological polar surface area (TPSA) is 83.7 Å². The second-order valence-corrected chi connectivity index (χ2v) is 9.33. The van der Waals surface area contributed by atoms with E-state index >= 15 is 0 Å². The number of carbonyl (C=O) groups excluding carboxylic acids is 1. The summed E-state index contributed by atoms with van der Waals surface area (Å²) in [6, 6.07) is -0.193. The number of amides is 1. The quantitative estimate of drug-likeness (QED) is 0.756. The maximum atomic E-state index is 12.9. The molecule has 3 atom stereocenters. The van der Waals surface area contributed by atoms with Gasteiger partial charge in [0.1, 0.15) is 0 Å². The lowest BCUT2D eigenvalue weighted by atomic mass is 10.0. The van der Waals surface area contributed by atoms with Gasteiger partial charge in [0.05, 0.1) is 37.3 Å². The highest BCUT2D eigenvalue weighted by Gasteiger charge is 2.29. The summed E-state index contributed by atoms with van der Waals surface area (Å²) in [7, 11) is 2.18. The fourth-order valence-corrected chi connectivity index (χ4v) is 4.76. The molecule has 1 N–H and O–H groups in total. The van der Waals surface area contributed by atoms with E-state index < -0.39 is 0 Å². The van der Waals surface area contributed by atoms with Crippen LogP contribution in [0.5, 0.6) is 0 Å². The molecule has 3 rings (SSSR count). The molecule has 1 amide bonds. The lowest BCUT2D eigenvalue weighted by molar-refractivity contribution is -0.136. The van der Waals surface area contributed by atoms with Crippen molar-refractivity contribution in [3.05, 3.63) is 11.9 Å². The summed E-state index contributed by atoms with van der Waals surface area (Å²) in [6.07, 6.45) is 8.25. The van der Waals surface area contributed by atoms with Crippen molar-refractivity contribution < 1.29 is 14.6 Å². The number of hydrogen-bond acceptors (Lipinski definition) is 6. The van der Waals surface area contributed by atoms with Crippen molar-refractivity contribution in [2.75, 3.05) is 33.3 Å². The van der Waals surface area contributed by atoms with Crippen molar-refractivity contribution >= 4 is 5.91 Å². The van der Waals surface area contributed by atoms with Crippen LogP contribution in [0.4, 0.5) is 0 Å². The van der Waals surface area contributed by atoms with E-state index in [1.165, 1.54) is 25.7 Å². The molecule has 1 aliphatic heterocycles. The third kappa shape index (κ3) is 6.25. The highest BCUT2D eigenvalue weighted by Crippen LogP contribution is 2.26. The van der Waals surface area contributed by atoms with Crippen LogP contribution in [0, 0.1) is 11.8 Å². The van der Waals surface area contributed by atoms with Crippen molar-refractivity contribution in [3.8, 4) is 0 Å². The van der Waals surface area contributed by atoms with Crippen LogP contribution in [-0.4, -0.2) is 81.2 Å². The second-order valence-electron chi connectivity index (χ2n) is 9.33. The maximum Gasteiger partial charge on any atom is 0.222 e. The highest BCUT2D eigenvalue weighted by atomic mass is 16.5. The van der Waals surface area contributed by atoms with Gasteiger partial charge in [0.15, 0.2) is 0 Å². The molecular formula is C22H39N5O3. The first kappa shape index (κ1) is 23.2. The van der Waals surface area contributed by atoms with Gasteiger partial charge in [-0.1, -0.05) is 25.0 Å². The number of fused-ring (bicyclic) bond motifs is 1. The SMILES string of the molecule is C[C@H](CO)N1C[C@H](C)[C@H](CN(C)CC2CCCC2)OCc2cnnn2CCCC1=O. The second kappa shape index (κ2) is 11.2. The predicted molar refractivity (Wildman–Crippen MR) is 115 cm³/mol. The molecule has 1 fully saturated rings. The van der Waals surface area contributed by atoms with E-state index in [1.54, 1.807) is 6.20 Å². The Balaban J connectivity index is 1.73. The third-order valence-corrected chi connectivity index (χ3v) is 6.68. The fourth-order valence-electron chi connectivity index (χ4n) is 4.76. The van der Waals surface area contributed by atoms with Gasteiger partial charge in [-0.2, -0.15) is 0 Å². The van der Waals surface area contributed by atoms with Crippen LogP contribution in [0.1, 0.15) is 58.1 Å². The summed E-state index contributed by atoms with van der Waals surface area (Å²) in [5, 5.41) is 17.9. The van der Waals surface area contributed by atoms with E-state index in [0.29, 0.717) is 32.5 Å². The van der Waals surface area contributed by atoms with Gasteiger partial charge in [-0.25, -0.2) is 4.68 Å². The number of aliphatic hydroxyl groups is 1. The number of rotatable bonds is 6. The van der Waals surface area contributed by atoms with Crippen molar-refractivity contribution in [3.63, 3.8) is 0 Å². The minimum Gasteiger partial charge on any atom is -0.394 e. The first-order valence-electron chi connectivity index (χ1n) is 11.6. The summed E-state index contributed by atoms with van der Waals surface area (Å²) < 4.78 is 8.25. The van der Waals surface area contributed by atoms with Crippen LogP contribution in [0.3, 0.4) is 0 Å². The summed E-state index contributed by atoms with van der Waals surface area (Å²) in [4.78, 5) is 17.1. The number of ether oxygens (including phenoxy) is 1. The molecule has 0 radical (unpaired) electrons. The lowest BCUT2D eigenvalue weighted by Gasteiger charge is -2.36. The molecule has 1 saturated carbocycles. The molecule has 170 valence electrons. The Kier molecular flexibility index (Phi) is 8.65. The highest BCUT2D eigenvalue weighted by molar-refractivity contribution is 5.76. The van der Waals surface area contributed by atoms with E-state index in [1.807, 2.05) is 16.5 Å². The van der Waals surface area contributed by atoms with Gasteiger partial charge in [0.25, 0.3) is 0 Å². The minimum absolute atomic E-state index is 0.0135. The maximum absolute atomic E-state index is 12.9. The van der Waals surface area contributed by atoms with Crippen molar-refractivity contribution in [1.82, 2.24) is 24.8 Å². The number of nitrogens with zero attached hydrogens (tertiary/aromatic N) is 5. The molecule has 1 aromatic heterocycles. The molecule has 2 heterocycles. The molecule has 8 nitrogen and oxygen atoms in total. The Bertz CT molecular complexity index is 661.